The van der Waals surface area contributed by atoms with Gasteiger partial charge in [0.1, 0.15) is 0 Å². The lowest BCUT2D eigenvalue weighted by molar-refractivity contribution is 0.345. The van der Waals surface area contributed by atoms with Crippen LogP contribution in [-0.4, -0.2) is 42.5 Å². The Kier molecular flexibility index (Phi) is 8.58. The van der Waals surface area contributed by atoms with Gasteiger partial charge in [-0.25, -0.2) is 9.98 Å². The van der Waals surface area contributed by atoms with Gasteiger partial charge >= 0.3 is 0 Å². The molecule has 142 valence electrons. The molecular weight excluding hydrogens is 342 g/mol. The molecule has 0 atom stereocenters. The van der Waals surface area contributed by atoms with Gasteiger partial charge in [-0.3, -0.25) is 0 Å². The van der Waals surface area contributed by atoms with Crippen molar-refractivity contribution in [2.75, 3.05) is 26.7 Å². The number of aryl methyl sites for hydroxylation is 1. The van der Waals surface area contributed by atoms with Crippen LogP contribution in [0, 0.1) is 6.92 Å². The number of nitrogens with zero attached hydrogens (tertiary/aromatic N) is 3. The Hall–Kier alpha value is -1.92. The summed E-state index contributed by atoms with van der Waals surface area (Å²) in [4.78, 5) is 12.7. The number of nitrogens with one attached hydrogen (secondary N) is 2. The summed E-state index contributed by atoms with van der Waals surface area (Å²) in [6.07, 6.45) is 2.85. The molecule has 0 aliphatic rings. The van der Waals surface area contributed by atoms with Crippen molar-refractivity contribution in [2.24, 2.45) is 4.99 Å². The summed E-state index contributed by atoms with van der Waals surface area (Å²) >= 11 is 1.76. The predicted octanol–water partition coefficient (Wildman–Crippen LogP) is 3.20. The minimum atomic E-state index is 0.676. The second-order valence-corrected chi connectivity index (χ2v) is 7.71. The Morgan fingerprint density at radius 1 is 1.23 bits per heavy atom. The second kappa shape index (κ2) is 10.9. The molecule has 1 aromatic carbocycles. The molecule has 2 rings (SSSR count). The number of benzene rings is 1. The molecule has 0 saturated heterocycles. The number of aromatic nitrogens is 1. The SMILES string of the molecule is CCNC(=NCc1cccc(CN(C)CC)c1)NCCc1ncc(C)s1. The maximum absolute atomic E-state index is 4.72. The van der Waals surface area contributed by atoms with Crippen molar-refractivity contribution in [1.82, 2.24) is 20.5 Å². The molecule has 2 aromatic rings. The molecular formula is C20H31N5S. The van der Waals surface area contributed by atoms with E-state index in [1.165, 1.54) is 21.0 Å². The van der Waals surface area contributed by atoms with Crippen LogP contribution in [0.25, 0.3) is 0 Å². The van der Waals surface area contributed by atoms with Crippen molar-refractivity contribution < 1.29 is 0 Å². The van der Waals surface area contributed by atoms with Crippen LogP contribution in [0.5, 0.6) is 0 Å². The van der Waals surface area contributed by atoms with E-state index in [9.17, 15) is 0 Å². The van der Waals surface area contributed by atoms with Crippen LogP contribution in [0.4, 0.5) is 0 Å². The molecule has 6 heteroatoms. The topological polar surface area (TPSA) is 52.6 Å². The molecule has 0 amide bonds. The van der Waals surface area contributed by atoms with E-state index >= 15 is 0 Å². The van der Waals surface area contributed by atoms with Crippen molar-refractivity contribution >= 4 is 17.3 Å². The summed E-state index contributed by atoms with van der Waals surface area (Å²) < 4.78 is 0. The van der Waals surface area contributed by atoms with E-state index in [4.69, 9.17) is 4.99 Å². The molecule has 0 aliphatic heterocycles. The first-order valence-corrected chi connectivity index (χ1v) is 10.1. The lowest BCUT2D eigenvalue weighted by Crippen LogP contribution is -2.38. The van der Waals surface area contributed by atoms with Crippen LogP contribution in [0.2, 0.25) is 0 Å². The zero-order valence-corrected chi connectivity index (χ0v) is 17.2. The zero-order valence-electron chi connectivity index (χ0n) is 16.4. The molecule has 5 nitrogen and oxygen atoms in total. The van der Waals surface area contributed by atoms with E-state index in [0.717, 1.165) is 38.6 Å². The molecule has 2 N–H and O–H groups in total. The van der Waals surface area contributed by atoms with Gasteiger partial charge in [0, 0.05) is 37.1 Å². The van der Waals surface area contributed by atoms with Gasteiger partial charge in [0.25, 0.3) is 0 Å². The minimum Gasteiger partial charge on any atom is -0.357 e. The average molecular weight is 374 g/mol. The van der Waals surface area contributed by atoms with Crippen LogP contribution in [0.3, 0.4) is 0 Å². The zero-order chi connectivity index (χ0) is 18.8. The monoisotopic (exact) mass is 373 g/mol. The molecule has 0 unspecified atom stereocenters. The fourth-order valence-electron chi connectivity index (χ4n) is 2.57. The summed E-state index contributed by atoms with van der Waals surface area (Å²) in [5.41, 5.74) is 2.57. The van der Waals surface area contributed by atoms with E-state index in [2.05, 4.69) is 72.6 Å². The van der Waals surface area contributed by atoms with Gasteiger partial charge in [-0.2, -0.15) is 0 Å². The minimum absolute atomic E-state index is 0.676. The standard InChI is InChI=1S/C20H31N5S/c1-5-21-20(22-11-10-19-23-13-16(3)26-19)24-14-17-8-7-9-18(12-17)15-25(4)6-2/h7-9,12-13H,5-6,10-11,14-15H2,1-4H3,(H2,21,22,24). The quantitative estimate of drug-likeness (QED) is 0.523. The first-order valence-electron chi connectivity index (χ1n) is 9.30. The van der Waals surface area contributed by atoms with Crippen LogP contribution in [0.15, 0.2) is 35.5 Å². The second-order valence-electron chi connectivity index (χ2n) is 6.39. The van der Waals surface area contributed by atoms with Gasteiger partial charge in [-0.1, -0.05) is 31.2 Å². The third kappa shape index (κ3) is 7.14. The third-order valence-corrected chi connectivity index (χ3v) is 5.02. The van der Waals surface area contributed by atoms with Crippen LogP contribution in [-0.2, 0) is 19.5 Å². The van der Waals surface area contributed by atoms with Crippen molar-refractivity contribution in [1.29, 1.82) is 0 Å². The van der Waals surface area contributed by atoms with Gasteiger partial charge < -0.3 is 15.5 Å². The smallest absolute Gasteiger partial charge is 0.191 e. The van der Waals surface area contributed by atoms with Crippen molar-refractivity contribution in [3.8, 4) is 0 Å². The Morgan fingerprint density at radius 2 is 2.04 bits per heavy atom. The van der Waals surface area contributed by atoms with Crippen molar-refractivity contribution in [3.63, 3.8) is 0 Å². The molecule has 1 heterocycles. The van der Waals surface area contributed by atoms with Crippen LogP contribution in [0.1, 0.15) is 34.9 Å². The largest absolute Gasteiger partial charge is 0.357 e. The maximum atomic E-state index is 4.72. The molecule has 0 aliphatic carbocycles. The van der Waals surface area contributed by atoms with Gasteiger partial charge in [0.2, 0.25) is 0 Å². The fraction of sp³-hybridized carbons (Fsp3) is 0.500. The van der Waals surface area contributed by atoms with Crippen LogP contribution >= 0.6 is 11.3 Å². The van der Waals surface area contributed by atoms with Gasteiger partial charge in [0.15, 0.2) is 5.96 Å². The molecule has 1 aromatic heterocycles. The normalized spacial score (nSPS) is 11.8. The molecule has 0 spiro atoms. The van der Waals surface area contributed by atoms with E-state index in [0.29, 0.717) is 6.54 Å². The highest BCUT2D eigenvalue weighted by atomic mass is 32.1. The lowest BCUT2D eigenvalue weighted by atomic mass is 10.1. The summed E-state index contributed by atoms with van der Waals surface area (Å²) in [5.74, 6) is 0.858. The van der Waals surface area contributed by atoms with Crippen molar-refractivity contribution in [3.05, 3.63) is 51.5 Å². The average Bonchev–Trinajstić information content (AvgIpc) is 3.05. The maximum Gasteiger partial charge on any atom is 0.191 e. The van der Waals surface area contributed by atoms with Crippen LogP contribution < -0.4 is 10.6 Å². The summed E-state index contributed by atoms with van der Waals surface area (Å²) in [6, 6.07) is 8.69. The number of guanidine groups is 1. The van der Waals surface area contributed by atoms with E-state index in [1.54, 1.807) is 11.3 Å². The lowest BCUT2D eigenvalue weighted by Gasteiger charge is -2.14. The summed E-state index contributed by atoms with van der Waals surface area (Å²) in [7, 11) is 2.14. The molecule has 26 heavy (non-hydrogen) atoms. The first-order chi connectivity index (χ1) is 12.6. The molecule has 0 saturated carbocycles. The summed E-state index contributed by atoms with van der Waals surface area (Å²) in [5, 5.41) is 7.88. The van der Waals surface area contributed by atoms with Gasteiger partial charge in [-0.05, 0) is 38.6 Å². The van der Waals surface area contributed by atoms with E-state index in [1.807, 2.05) is 6.20 Å². The van der Waals surface area contributed by atoms with Crippen molar-refractivity contribution in [2.45, 2.75) is 40.3 Å². The molecule has 0 bridgehead atoms. The van der Waals surface area contributed by atoms with E-state index < -0.39 is 0 Å². The Balaban J connectivity index is 1.90. The predicted molar refractivity (Wildman–Crippen MR) is 112 cm³/mol. The highest BCUT2D eigenvalue weighted by Gasteiger charge is 2.02. The fourth-order valence-corrected chi connectivity index (χ4v) is 3.35. The van der Waals surface area contributed by atoms with Gasteiger partial charge in [0.05, 0.1) is 11.6 Å². The van der Waals surface area contributed by atoms with Gasteiger partial charge in [-0.15, -0.1) is 11.3 Å². The Bertz CT molecular complexity index is 695. The Labute approximate surface area is 161 Å². The number of thiazole rings is 1. The molecule has 0 fully saturated rings. The number of hydrogen-bond donors (Lipinski definition) is 2. The summed E-state index contributed by atoms with van der Waals surface area (Å²) in [6.45, 7) is 10.7. The highest BCUT2D eigenvalue weighted by Crippen LogP contribution is 2.11. The Morgan fingerprint density at radius 3 is 2.73 bits per heavy atom. The number of hydrogen-bond acceptors (Lipinski definition) is 4. The highest BCUT2D eigenvalue weighted by molar-refractivity contribution is 7.11. The first kappa shape index (κ1) is 20.4. The molecule has 0 radical (unpaired) electrons. The number of aliphatic imine (C=N–C) groups is 1. The number of rotatable bonds is 9. The third-order valence-electron chi connectivity index (χ3n) is 4.05. The van der Waals surface area contributed by atoms with E-state index in [-0.39, 0.29) is 0 Å².